The van der Waals surface area contributed by atoms with Gasteiger partial charge < -0.3 is 5.73 Å². The van der Waals surface area contributed by atoms with E-state index in [-0.39, 0.29) is 11.6 Å². The summed E-state index contributed by atoms with van der Waals surface area (Å²) in [6.07, 6.45) is 0. The average Bonchev–Trinajstić information content (AvgIpc) is 2.45. The van der Waals surface area contributed by atoms with E-state index in [1.54, 1.807) is 10.9 Å². The lowest BCUT2D eigenvalue weighted by molar-refractivity contribution is -0.446. The third kappa shape index (κ3) is 4.41. The highest BCUT2D eigenvalue weighted by atomic mass is 32.2. The summed E-state index contributed by atoms with van der Waals surface area (Å²) in [5.41, 5.74) is 7.87. The first-order valence-corrected chi connectivity index (χ1v) is 7.88. The second kappa shape index (κ2) is 6.83. The van der Waals surface area contributed by atoms with Gasteiger partial charge in [-0.2, -0.15) is 0 Å². The lowest BCUT2D eigenvalue weighted by Gasteiger charge is -2.13. The molecule has 0 saturated carbocycles. The van der Waals surface area contributed by atoms with E-state index in [2.05, 4.69) is 9.71 Å². The minimum absolute atomic E-state index is 0.0283. The largest absolute Gasteiger partial charge is 0.384 e. The van der Waals surface area contributed by atoms with E-state index in [4.69, 9.17) is 5.73 Å². The van der Waals surface area contributed by atoms with Crippen LogP contribution in [0.2, 0.25) is 0 Å². The van der Waals surface area contributed by atoms with Crippen LogP contribution in [-0.4, -0.2) is 23.5 Å². The molecule has 0 unspecified atom stereocenters. The second-order valence-corrected chi connectivity index (χ2v) is 6.09. The van der Waals surface area contributed by atoms with Crippen molar-refractivity contribution in [2.75, 3.05) is 21.3 Å². The van der Waals surface area contributed by atoms with Gasteiger partial charge >= 0.3 is 0 Å². The van der Waals surface area contributed by atoms with Crippen LogP contribution >= 0.6 is 0 Å². The van der Waals surface area contributed by atoms with Crippen molar-refractivity contribution < 1.29 is 18.5 Å². The first-order valence-electron chi connectivity index (χ1n) is 6.39. The van der Waals surface area contributed by atoms with Crippen molar-refractivity contribution in [3.63, 3.8) is 0 Å². The Hall–Kier alpha value is -3.68. The van der Waals surface area contributed by atoms with E-state index >= 15 is 0 Å². The zero-order chi connectivity index (χ0) is 18.6. The molecule has 0 amide bonds. The van der Waals surface area contributed by atoms with Crippen molar-refractivity contribution in [3.8, 4) is 0 Å². The summed E-state index contributed by atoms with van der Waals surface area (Å²) in [6.45, 7) is 0. The Morgan fingerprint density at radius 2 is 1.48 bits per heavy atom. The van der Waals surface area contributed by atoms with Gasteiger partial charge in [-0.15, -0.1) is 10.9 Å². The summed E-state index contributed by atoms with van der Waals surface area (Å²) >= 11 is 0. The normalized spacial score (nSPS) is 10.7. The van der Waals surface area contributed by atoms with Crippen LogP contribution in [0.4, 0.5) is 23.0 Å². The number of hydrogen-bond acceptors (Lipinski definition) is 8. The van der Waals surface area contributed by atoms with Crippen LogP contribution in [0.15, 0.2) is 41.3 Å². The predicted molar refractivity (Wildman–Crippen MR) is 87.1 cm³/mol. The molecule has 0 bridgehead atoms. The van der Waals surface area contributed by atoms with Crippen molar-refractivity contribution in [3.05, 3.63) is 56.6 Å². The number of nitrogen functional groups attached to an aromatic ring is 1. The Kier molecular flexibility index (Phi) is 4.83. The molecular weight excluding hydrogens is 358 g/mol. The molecule has 5 N–H and O–H groups in total. The summed E-state index contributed by atoms with van der Waals surface area (Å²) in [5, 5.41) is 19.4. The van der Waals surface area contributed by atoms with E-state index in [0.29, 0.717) is 0 Å². The minimum atomic E-state index is -4.48. The second-order valence-electron chi connectivity index (χ2n) is 4.47. The van der Waals surface area contributed by atoms with Gasteiger partial charge in [-0.05, 0) is 24.3 Å². The molecule has 2 aromatic rings. The van der Waals surface area contributed by atoms with E-state index < -0.39 is 36.4 Å². The van der Waals surface area contributed by atoms with Gasteiger partial charge in [0.25, 0.3) is 10.0 Å². The molecule has 14 heteroatoms. The molecule has 0 spiro atoms. The van der Waals surface area contributed by atoms with Gasteiger partial charge in [0.1, 0.15) is 27.9 Å². The molecule has 1 aromatic heterocycles. The number of nitrogens with two attached hydrogens (primary N) is 1. The van der Waals surface area contributed by atoms with Crippen LogP contribution in [0, 0.1) is 20.2 Å². The van der Waals surface area contributed by atoms with E-state index in [1.165, 1.54) is 24.3 Å². The van der Waals surface area contributed by atoms with Gasteiger partial charge in [-0.1, -0.05) is 12.1 Å². The fourth-order valence-corrected chi connectivity index (χ4v) is 3.19. The first-order chi connectivity index (χ1) is 11.7. The van der Waals surface area contributed by atoms with Crippen molar-refractivity contribution in [1.29, 1.82) is 0 Å². The van der Waals surface area contributed by atoms with Gasteiger partial charge in [0, 0.05) is 0 Å². The zero-order valence-electron chi connectivity index (χ0n) is 12.2. The molecular formula is C11H11N7O6S. The van der Waals surface area contributed by atoms with Crippen LogP contribution in [0.25, 0.3) is 0 Å². The van der Waals surface area contributed by atoms with Crippen molar-refractivity contribution in [2.24, 2.45) is 0 Å². The third-order valence-corrected chi connectivity index (χ3v) is 4.17. The first kappa shape index (κ1) is 17.7. The molecule has 0 atom stereocenters. The topological polar surface area (TPSA) is 195 Å². The number of nitrogens with one attached hydrogen (secondary N) is 3. The standard InChI is InChI=1S/C11H11N7O6S/c12-9-5-2-6-10(13-9)16-25(23,24)11-7(14-17(19)20)3-1-4-8(11)15-18(21)22/h1-6,14-15H,(H3,12,13,16). The molecule has 1 aromatic carbocycles. The SMILES string of the molecule is Nc1cccc(NS(=O)(=O)c2c(N[N+](=O)[O-])cccc2N[N+](=O)[O-])n1. The molecule has 25 heavy (non-hydrogen) atoms. The number of sulfonamides is 1. The molecule has 0 saturated heterocycles. The van der Waals surface area contributed by atoms with E-state index in [9.17, 15) is 28.6 Å². The highest BCUT2D eigenvalue weighted by Gasteiger charge is 2.27. The molecule has 13 nitrogen and oxygen atoms in total. The van der Waals surface area contributed by atoms with Gasteiger partial charge in [-0.25, -0.2) is 33.6 Å². The molecule has 0 aliphatic rings. The molecule has 0 radical (unpaired) electrons. The number of hydrogen-bond donors (Lipinski definition) is 4. The van der Waals surface area contributed by atoms with Crippen LogP contribution in [-0.2, 0) is 10.0 Å². The summed E-state index contributed by atoms with van der Waals surface area (Å²) in [4.78, 5) is 24.4. The summed E-state index contributed by atoms with van der Waals surface area (Å²) in [6, 6.07) is 7.50. The smallest absolute Gasteiger partial charge is 0.267 e. The Labute approximate surface area is 140 Å². The summed E-state index contributed by atoms with van der Waals surface area (Å²) < 4.78 is 27.3. The predicted octanol–water partition coefficient (Wildman–Crippen LogP) is 0.672. The Morgan fingerprint density at radius 1 is 0.960 bits per heavy atom. The van der Waals surface area contributed by atoms with Gasteiger partial charge in [0.05, 0.1) is 0 Å². The lowest BCUT2D eigenvalue weighted by atomic mass is 10.3. The maximum atomic E-state index is 12.6. The number of pyridine rings is 1. The summed E-state index contributed by atoms with van der Waals surface area (Å²) in [7, 11) is -4.48. The van der Waals surface area contributed by atoms with Gasteiger partial charge in [-0.3, -0.25) is 4.72 Å². The molecule has 1 heterocycles. The van der Waals surface area contributed by atoms with Crippen LogP contribution < -0.4 is 21.3 Å². The Morgan fingerprint density at radius 3 is 1.96 bits per heavy atom. The average molecular weight is 369 g/mol. The van der Waals surface area contributed by atoms with Gasteiger partial charge in [0.2, 0.25) is 0 Å². The maximum absolute atomic E-state index is 12.6. The van der Waals surface area contributed by atoms with Crippen LogP contribution in [0.3, 0.4) is 0 Å². The Balaban J connectivity index is 2.56. The molecule has 0 aliphatic heterocycles. The van der Waals surface area contributed by atoms with Crippen LogP contribution in [0.5, 0.6) is 0 Å². The monoisotopic (exact) mass is 369 g/mol. The molecule has 0 fully saturated rings. The fourth-order valence-electron chi connectivity index (χ4n) is 1.90. The van der Waals surface area contributed by atoms with E-state index in [0.717, 1.165) is 12.1 Å². The third-order valence-electron chi connectivity index (χ3n) is 2.72. The van der Waals surface area contributed by atoms with Crippen LogP contribution in [0.1, 0.15) is 0 Å². The molecule has 2 rings (SSSR count). The highest BCUT2D eigenvalue weighted by molar-refractivity contribution is 7.93. The van der Waals surface area contributed by atoms with E-state index in [1.807, 2.05) is 0 Å². The van der Waals surface area contributed by atoms with Crippen molar-refractivity contribution >= 4 is 33.0 Å². The maximum Gasteiger partial charge on any atom is 0.267 e. The number of rotatable bonds is 7. The fraction of sp³-hybridized carbons (Fsp3) is 0. The highest BCUT2D eigenvalue weighted by Crippen LogP contribution is 2.31. The Bertz CT molecular complexity index is 898. The number of nitrogens with zero attached hydrogens (tertiary/aromatic N) is 3. The molecule has 132 valence electrons. The number of benzene rings is 1. The van der Waals surface area contributed by atoms with Crippen molar-refractivity contribution in [2.45, 2.75) is 4.90 Å². The van der Waals surface area contributed by atoms with Crippen molar-refractivity contribution in [1.82, 2.24) is 4.98 Å². The van der Waals surface area contributed by atoms with Gasteiger partial charge in [0.15, 0.2) is 10.1 Å². The minimum Gasteiger partial charge on any atom is -0.384 e. The zero-order valence-corrected chi connectivity index (χ0v) is 13.1. The summed E-state index contributed by atoms with van der Waals surface area (Å²) in [5.74, 6) is -0.136. The molecule has 0 aliphatic carbocycles. The number of nitro groups is 2. The lowest BCUT2D eigenvalue weighted by Crippen LogP contribution is -2.21. The number of aromatic nitrogens is 1. The quantitative estimate of drug-likeness (QED) is 0.397. The number of hydrazine groups is 2. The number of anilines is 4.